The molecule has 0 N–H and O–H groups in total. The topological polar surface area (TPSA) is 55.7 Å². The van der Waals surface area contributed by atoms with Gasteiger partial charge in [-0.3, -0.25) is 0 Å². The van der Waals surface area contributed by atoms with Gasteiger partial charge >= 0.3 is 0 Å². The summed E-state index contributed by atoms with van der Waals surface area (Å²) < 4.78 is 29.2. The molecule has 0 aromatic carbocycles. The molecule has 1 aliphatic heterocycles. The maximum atomic E-state index is 10.6. The third kappa shape index (κ3) is 1.57. The molecular formula is C5H7NO3S. The Bertz CT molecular complexity index is 275. The molecule has 5 heteroatoms. The monoisotopic (exact) mass is 161 g/mol. The van der Waals surface area contributed by atoms with Gasteiger partial charge in [0.1, 0.15) is 0 Å². The lowest BCUT2D eigenvalue weighted by molar-refractivity contribution is 0.252. The van der Waals surface area contributed by atoms with Crippen LogP contribution < -0.4 is 0 Å². The largest absolute Gasteiger partial charge is 0.491 e. The molecule has 0 unspecified atom stereocenters. The predicted molar refractivity (Wildman–Crippen MR) is 37.1 cm³/mol. The summed E-state index contributed by atoms with van der Waals surface area (Å²) in [7, 11) is -3.34. The van der Waals surface area contributed by atoms with Gasteiger partial charge in [-0.25, -0.2) is 0 Å². The summed E-state index contributed by atoms with van der Waals surface area (Å²) in [5, 5.41) is 0.997. The Hall–Kier alpha value is -0.840. The van der Waals surface area contributed by atoms with Gasteiger partial charge in [-0.05, 0) is 6.92 Å². The third-order valence-corrected chi connectivity index (χ3v) is 1.83. The highest BCUT2D eigenvalue weighted by molar-refractivity contribution is 7.93. The Morgan fingerprint density at radius 3 is 2.80 bits per heavy atom. The van der Waals surface area contributed by atoms with Crippen LogP contribution in [0.15, 0.2) is 15.6 Å². The number of rotatable bonds is 2. The van der Waals surface area contributed by atoms with Crippen LogP contribution in [0.5, 0.6) is 0 Å². The van der Waals surface area contributed by atoms with E-state index in [0.29, 0.717) is 12.4 Å². The lowest BCUT2D eigenvalue weighted by atomic mass is 10.6. The van der Waals surface area contributed by atoms with Crippen molar-refractivity contribution in [2.75, 3.05) is 6.61 Å². The molecule has 0 aromatic rings. The third-order valence-electron chi connectivity index (χ3n) is 0.903. The highest BCUT2D eigenvalue weighted by Gasteiger charge is 2.12. The van der Waals surface area contributed by atoms with E-state index >= 15 is 0 Å². The molecule has 0 amide bonds. The first-order valence-corrected chi connectivity index (χ1v) is 4.29. The fourth-order valence-corrected chi connectivity index (χ4v) is 1.31. The summed E-state index contributed by atoms with van der Waals surface area (Å²) >= 11 is 0. The van der Waals surface area contributed by atoms with Crippen molar-refractivity contribution >= 4 is 16.2 Å². The van der Waals surface area contributed by atoms with Gasteiger partial charge in [-0.1, -0.05) is 0 Å². The van der Waals surface area contributed by atoms with Gasteiger partial charge in [-0.15, -0.1) is 0 Å². The van der Waals surface area contributed by atoms with E-state index in [2.05, 4.69) is 4.40 Å². The molecule has 1 rings (SSSR count). The van der Waals surface area contributed by atoms with Crippen molar-refractivity contribution in [2.45, 2.75) is 6.92 Å². The Morgan fingerprint density at radius 2 is 2.40 bits per heavy atom. The van der Waals surface area contributed by atoms with Crippen molar-refractivity contribution in [2.24, 2.45) is 4.40 Å². The van der Waals surface area contributed by atoms with E-state index in [4.69, 9.17) is 4.74 Å². The molecule has 0 fully saturated rings. The van der Waals surface area contributed by atoms with Crippen molar-refractivity contribution in [3.8, 4) is 0 Å². The number of hydrogen-bond donors (Lipinski definition) is 0. The average molecular weight is 161 g/mol. The lowest BCUT2D eigenvalue weighted by Crippen LogP contribution is -1.89. The van der Waals surface area contributed by atoms with Crippen LogP contribution in [0.3, 0.4) is 0 Å². The number of hydrogen-bond acceptors (Lipinski definition) is 3. The second kappa shape index (κ2) is 2.42. The molecule has 0 bridgehead atoms. The summed E-state index contributed by atoms with van der Waals surface area (Å²) in [6.07, 6.45) is 1.19. The van der Waals surface area contributed by atoms with Gasteiger partial charge < -0.3 is 4.74 Å². The van der Waals surface area contributed by atoms with E-state index in [9.17, 15) is 8.42 Å². The molecule has 1 aliphatic rings. The Labute approximate surface area is 59.3 Å². The van der Waals surface area contributed by atoms with Crippen molar-refractivity contribution in [3.05, 3.63) is 11.2 Å². The van der Waals surface area contributed by atoms with E-state index in [-0.39, 0.29) is 0 Å². The number of sulfonamides is 1. The predicted octanol–water partition coefficient (Wildman–Crippen LogP) is 0.279. The van der Waals surface area contributed by atoms with Gasteiger partial charge in [-0.2, -0.15) is 12.8 Å². The molecule has 0 saturated carbocycles. The summed E-state index contributed by atoms with van der Waals surface area (Å²) in [6, 6.07) is 0. The number of ether oxygens (including phenoxy) is 1. The zero-order valence-corrected chi connectivity index (χ0v) is 6.26. The SMILES string of the molecule is CCOC1=CS(=O)(=O)N=C1. The molecule has 1 heterocycles. The number of allylic oxidation sites excluding steroid dienone is 1. The summed E-state index contributed by atoms with van der Waals surface area (Å²) in [5.41, 5.74) is 0. The van der Waals surface area contributed by atoms with Crippen LogP contribution in [-0.2, 0) is 14.8 Å². The minimum absolute atomic E-state index is 0.308. The van der Waals surface area contributed by atoms with Crippen molar-refractivity contribution in [1.29, 1.82) is 0 Å². The van der Waals surface area contributed by atoms with Gasteiger partial charge in [0.15, 0.2) is 5.76 Å². The second-order valence-corrected chi connectivity index (χ2v) is 3.18. The fraction of sp³-hybridized carbons (Fsp3) is 0.400. The van der Waals surface area contributed by atoms with Gasteiger partial charge in [0.25, 0.3) is 10.0 Å². The highest BCUT2D eigenvalue weighted by atomic mass is 32.2. The van der Waals surface area contributed by atoms with E-state index in [1.54, 1.807) is 6.92 Å². The Balaban J connectivity index is 2.79. The van der Waals surface area contributed by atoms with E-state index in [1.165, 1.54) is 6.21 Å². The molecule has 0 radical (unpaired) electrons. The van der Waals surface area contributed by atoms with Gasteiger partial charge in [0.05, 0.1) is 18.2 Å². The molecule has 0 atom stereocenters. The molecule has 56 valence electrons. The average Bonchev–Trinajstić information content (AvgIpc) is 2.12. The van der Waals surface area contributed by atoms with E-state index < -0.39 is 10.0 Å². The van der Waals surface area contributed by atoms with Crippen LogP contribution in [0.2, 0.25) is 0 Å². The maximum absolute atomic E-state index is 10.6. The van der Waals surface area contributed by atoms with E-state index in [1.807, 2.05) is 0 Å². The van der Waals surface area contributed by atoms with Crippen LogP contribution in [-0.4, -0.2) is 21.2 Å². The van der Waals surface area contributed by atoms with Crippen LogP contribution in [0.25, 0.3) is 0 Å². The van der Waals surface area contributed by atoms with E-state index in [0.717, 1.165) is 5.41 Å². The van der Waals surface area contributed by atoms with Crippen molar-refractivity contribution in [3.63, 3.8) is 0 Å². The van der Waals surface area contributed by atoms with Crippen LogP contribution in [0.4, 0.5) is 0 Å². The first-order valence-electron chi connectivity index (χ1n) is 2.79. The smallest absolute Gasteiger partial charge is 0.279 e. The molecule has 0 saturated heterocycles. The Kier molecular flexibility index (Phi) is 1.76. The number of nitrogens with zero attached hydrogens (tertiary/aromatic N) is 1. The second-order valence-electron chi connectivity index (χ2n) is 1.70. The zero-order valence-electron chi connectivity index (χ0n) is 5.44. The first-order chi connectivity index (χ1) is 4.64. The summed E-state index contributed by atoms with van der Waals surface area (Å²) in [6.45, 7) is 2.23. The van der Waals surface area contributed by atoms with Gasteiger partial charge in [0.2, 0.25) is 0 Å². The molecule has 0 aliphatic carbocycles. The molecule has 0 spiro atoms. The lowest BCUT2D eigenvalue weighted by Gasteiger charge is -1.95. The van der Waals surface area contributed by atoms with Crippen LogP contribution in [0.1, 0.15) is 6.92 Å². The van der Waals surface area contributed by atoms with Crippen molar-refractivity contribution in [1.82, 2.24) is 0 Å². The zero-order chi connectivity index (χ0) is 7.61. The minimum Gasteiger partial charge on any atom is -0.491 e. The molecule has 0 aromatic heterocycles. The molecule has 4 nitrogen and oxygen atoms in total. The molecule has 10 heavy (non-hydrogen) atoms. The first kappa shape index (κ1) is 7.27. The normalized spacial score (nSPS) is 20.7. The summed E-state index contributed by atoms with van der Waals surface area (Å²) in [5.74, 6) is 0.308. The Morgan fingerprint density at radius 1 is 1.70 bits per heavy atom. The van der Waals surface area contributed by atoms with Crippen LogP contribution >= 0.6 is 0 Å². The maximum Gasteiger partial charge on any atom is 0.279 e. The fourth-order valence-electron chi connectivity index (χ4n) is 0.571. The van der Waals surface area contributed by atoms with Gasteiger partial charge in [0, 0.05) is 0 Å². The summed E-state index contributed by atoms with van der Waals surface area (Å²) in [4.78, 5) is 0. The minimum atomic E-state index is -3.34. The molecular weight excluding hydrogens is 154 g/mol. The van der Waals surface area contributed by atoms with Crippen LogP contribution in [0, 0.1) is 0 Å². The standard InChI is InChI=1S/C5H7NO3S/c1-2-9-5-3-6-10(7,8)4-5/h3-4H,2H2,1H3. The van der Waals surface area contributed by atoms with Crippen molar-refractivity contribution < 1.29 is 13.2 Å². The highest BCUT2D eigenvalue weighted by Crippen LogP contribution is 2.08. The quantitative estimate of drug-likeness (QED) is 0.584.